The van der Waals surface area contributed by atoms with Crippen LogP contribution in [0.3, 0.4) is 0 Å². The fourth-order valence-electron chi connectivity index (χ4n) is 3.35. The molecule has 0 aromatic heterocycles. The molecule has 0 N–H and O–H groups in total. The lowest BCUT2D eigenvalue weighted by Crippen LogP contribution is -2.25. The van der Waals surface area contributed by atoms with E-state index in [1.54, 1.807) is 0 Å². The largest absolute Gasteiger partial charge is 0.487 e. The first kappa shape index (κ1) is 12.7. The van der Waals surface area contributed by atoms with Crippen molar-refractivity contribution in [3.8, 4) is 5.75 Å². The van der Waals surface area contributed by atoms with E-state index in [-0.39, 0.29) is 5.60 Å². The van der Waals surface area contributed by atoms with Gasteiger partial charge in [-0.2, -0.15) is 0 Å². The fraction of sp³-hybridized carbons (Fsp3) is 0.588. The van der Waals surface area contributed by atoms with E-state index in [1.807, 2.05) is 0 Å². The van der Waals surface area contributed by atoms with Crippen LogP contribution in [0, 0.1) is 5.92 Å². The van der Waals surface area contributed by atoms with Crippen molar-refractivity contribution in [1.29, 1.82) is 0 Å². The number of para-hydroxylation sites is 1. The van der Waals surface area contributed by atoms with Crippen LogP contribution in [0.5, 0.6) is 5.75 Å². The highest BCUT2D eigenvalue weighted by atomic mass is 16.5. The van der Waals surface area contributed by atoms with Crippen molar-refractivity contribution in [3.63, 3.8) is 0 Å². The molecule has 0 unspecified atom stereocenters. The topological polar surface area (TPSA) is 26.3 Å². The number of hydrogen-bond donors (Lipinski definition) is 0. The molecule has 0 amide bonds. The smallest absolute Gasteiger partial charge is 0.132 e. The van der Waals surface area contributed by atoms with Gasteiger partial charge in [-0.25, -0.2) is 0 Å². The van der Waals surface area contributed by atoms with Gasteiger partial charge in [0.15, 0.2) is 0 Å². The van der Waals surface area contributed by atoms with Gasteiger partial charge in [0.05, 0.1) is 0 Å². The number of fused-ring (bicyclic) bond motifs is 1. The molecule has 1 aliphatic heterocycles. The van der Waals surface area contributed by atoms with Gasteiger partial charge in [-0.3, -0.25) is 4.79 Å². The maximum absolute atomic E-state index is 11.3. The van der Waals surface area contributed by atoms with Crippen LogP contribution in [0.4, 0.5) is 0 Å². The highest BCUT2D eigenvalue weighted by Gasteiger charge is 2.32. The monoisotopic (exact) mass is 258 g/mol. The molecule has 0 atom stereocenters. The summed E-state index contributed by atoms with van der Waals surface area (Å²) >= 11 is 0. The second-order valence-electron chi connectivity index (χ2n) is 6.63. The minimum absolute atomic E-state index is 0.0685. The highest BCUT2D eigenvalue weighted by Crippen LogP contribution is 2.39. The van der Waals surface area contributed by atoms with Crippen molar-refractivity contribution >= 4 is 5.78 Å². The summed E-state index contributed by atoms with van der Waals surface area (Å²) in [4.78, 5) is 11.3. The quantitative estimate of drug-likeness (QED) is 0.808. The number of carbonyl (C=O) groups excluding carboxylic acids is 1. The van der Waals surface area contributed by atoms with Crippen LogP contribution in [0.1, 0.15) is 50.7 Å². The Morgan fingerprint density at radius 2 is 2.00 bits per heavy atom. The molecule has 102 valence electrons. The maximum Gasteiger partial charge on any atom is 0.132 e. The highest BCUT2D eigenvalue weighted by molar-refractivity contribution is 5.79. The molecule has 0 saturated heterocycles. The summed E-state index contributed by atoms with van der Waals surface area (Å²) in [6.07, 6.45) is 5.70. The molecular formula is C17H22O2. The predicted molar refractivity (Wildman–Crippen MR) is 75.5 cm³/mol. The van der Waals surface area contributed by atoms with E-state index >= 15 is 0 Å². The molecule has 1 heterocycles. The zero-order chi connectivity index (χ0) is 13.5. The summed E-state index contributed by atoms with van der Waals surface area (Å²) in [6.45, 7) is 4.30. The zero-order valence-corrected chi connectivity index (χ0v) is 11.9. The minimum atomic E-state index is -0.0685. The van der Waals surface area contributed by atoms with E-state index in [4.69, 9.17) is 4.74 Å². The summed E-state index contributed by atoms with van der Waals surface area (Å²) in [6, 6.07) is 6.52. The normalized spacial score (nSPS) is 22.1. The Kier molecular flexibility index (Phi) is 3.12. The molecule has 2 nitrogen and oxygen atoms in total. The van der Waals surface area contributed by atoms with E-state index in [0.29, 0.717) is 11.7 Å². The van der Waals surface area contributed by atoms with Crippen molar-refractivity contribution in [2.75, 3.05) is 0 Å². The molecule has 1 aromatic rings. The van der Waals surface area contributed by atoms with E-state index in [2.05, 4.69) is 32.0 Å². The first-order valence-electron chi connectivity index (χ1n) is 7.35. The zero-order valence-electron chi connectivity index (χ0n) is 11.9. The van der Waals surface area contributed by atoms with Crippen LogP contribution < -0.4 is 4.74 Å². The van der Waals surface area contributed by atoms with Crippen LogP contribution in [0.15, 0.2) is 18.2 Å². The average Bonchev–Trinajstić information content (AvgIpc) is 2.67. The van der Waals surface area contributed by atoms with Crippen molar-refractivity contribution in [1.82, 2.24) is 0 Å². The van der Waals surface area contributed by atoms with Gasteiger partial charge in [-0.05, 0) is 50.2 Å². The summed E-state index contributed by atoms with van der Waals surface area (Å²) in [5.41, 5.74) is 2.61. The number of hydrogen-bond acceptors (Lipinski definition) is 2. The van der Waals surface area contributed by atoms with Gasteiger partial charge in [0.2, 0.25) is 0 Å². The van der Waals surface area contributed by atoms with Crippen molar-refractivity contribution in [2.24, 2.45) is 5.92 Å². The van der Waals surface area contributed by atoms with Gasteiger partial charge >= 0.3 is 0 Å². The average molecular weight is 258 g/mol. The molecule has 1 aliphatic carbocycles. The number of ether oxygens (including phenoxy) is 1. The Bertz CT molecular complexity index is 492. The van der Waals surface area contributed by atoms with Crippen LogP contribution >= 0.6 is 0 Å². The molecule has 1 fully saturated rings. The van der Waals surface area contributed by atoms with Crippen molar-refractivity contribution < 1.29 is 9.53 Å². The lowest BCUT2D eigenvalue weighted by molar-refractivity contribution is -0.120. The third kappa shape index (κ3) is 2.68. The SMILES string of the molecule is CC1(C)Cc2cccc(CC3CCC(=O)CC3)c2O1. The Morgan fingerprint density at radius 3 is 2.74 bits per heavy atom. The number of benzene rings is 1. The lowest BCUT2D eigenvalue weighted by atomic mass is 9.84. The Labute approximate surface area is 115 Å². The van der Waals surface area contributed by atoms with Crippen molar-refractivity contribution in [2.45, 2.75) is 58.0 Å². The standard InChI is InChI=1S/C17H22O2/c1-17(2)11-14-5-3-4-13(16(14)19-17)10-12-6-8-15(18)9-7-12/h3-5,12H,6-11H2,1-2H3. The van der Waals surface area contributed by atoms with E-state index in [1.165, 1.54) is 11.1 Å². The molecule has 1 saturated carbocycles. The summed E-state index contributed by atoms with van der Waals surface area (Å²) in [5.74, 6) is 2.20. The summed E-state index contributed by atoms with van der Waals surface area (Å²) < 4.78 is 6.12. The number of carbonyl (C=O) groups is 1. The lowest BCUT2D eigenvalue weighted by Gasteiger charge is -2.23. The molecule has 1 aromatic carbocycles. The van der Waals surface area contributed by atoms with E-state index in [9.17, 15) is 4.79 Å². The molecule has 0 bridgehead atoms. The molecule has 3 rings (SSSR count). The minimum Gasteiger partial charge on any atom is -0.487 e. The Morgan fingerprint density at radius 1 is 1.26 bits per heavy atom. The van der Waals surface area contributed by atoms with Gasteiger partial charge in [-0.15, -0.1) is 0 Å². The van der Waals surface area contributed by atoms with Crippen LogP contribution in [-0.2, 0) is 17.6 Å². The van der Waals surface area contributed by atoms with Gasteiger partial charge in [0.1, 0.15) is 17.1 Å². The van der Waals surface area contributed by atoms with Gasteiger partial charge in [0.25, 0.3) is 0 Å². The Balaban J connectivity index is 1.76. The Hall–Kier alpha value is -1.31. The molecular weight excluding hydrogens is 236 g/mol. The second-order valence-corrected chi connectivity index (χ2v) is 6.63. The van der Waals surface area contributed by atoms with Crippen LogP contribution in [-0.4, -0.2) is 11.4 Å². The summed E-state index contributed by atoms with van der Waals surface area (Å²) in [5, 5.41) is 0. The fourth-order valence-corrected chi connectivity index (χ4v) is 3.35. The predicted octanol–water partition coefficient (Wildman–Crippen LogP) is 3.70. The first-order valence-corrected chi connectivity index (χ1v) is 7.35. The third-order valence-electron chi connectivity index (χ3n) is 4.34. The van der Waals surface area contributed by atoms with Crippen LogP contribution in [0.25, 0.3) is 0 Å². The number of rotatable bonds is 2. The van der Waals surface area contributed by atoms with E-state index < -0.39 is 0 Å². The van der Waals surface area contributed by atoms with Crippen molar-refractivity contribution in [3.05, 3.63) is 29.3 Å². The molecule has 19 heavy (non-hydrogen) atoms. The number of ketones is 1. The second kappa shape index (κ2) is 4.66. The van der Waals surface area contributed by atoms with Gasteiger partial charge < -0.3 is 4.74 Å². The molecule has 2 heteroatoms. The first-order chi connectivity index (χ1) is 9.03. The van der Waals surface area contributed by atoms with Gasteiger partial charge in [0, 0.05) is 19.3 Å². The molecule has 0 radical (unpaired) electrons. The number of Topliss-reactive ketones (excluding diaryl/α,β-unsaturated/α-hetero) is 1. The molecule has 2 aliphatic rings. The van der Waals surface area contributed by atoms with Crippen LogP contribution in [0.2, 0.25) is 0 Å². The van der Waals surface area contributed by atoms with Gasteiger partial charge in [-0.1, -0.05) is 18.2 Å². The van der Waals surface area contributed by atoms with E-state index in [0.717, 1.165) is 44.3 Å². The third-order valence-corrected chi connectivity index (χ3v) is 4.34. The molecule has 0 spiro atoms. The summed E-state index contributed by atoms with van der Waals surface area (Å²) in [7, 11) is 0. The maximum atomic E-state index is 11.3.